The average molecular weight is 421 g/mol. The Morgan fingerprint density at radius 2 is 1.83 bits per heavy atom. The summed E-state index contributed by atoms with van der Waals surface area (Å²) in [4.78, 5) is 4.62. The summed E-state index contributed by atoms with van der Waals surface area (Å²) in [5.41, 5.74) is 1.81. The van der Waals surface area contributed by atoms with Crippen LogP contribution in [0.5, 0.6) is 6.01 Å². The zero-order valence-electron chi connectivity index (χ0n) is 18.3. The number of hydrogen-bond donors (Lipinski definition) is 1. The number of aliphatic hydroxyl groups excluding tert-OH is 1. The number of fused-ring (bicyclic) bond motifs is 1. The third kappa shape index (κ3) is 7.72. The summed E-state index contributed by atoms with van der Waals surface area (Å²) in [7, 11) is 1.65. The summed E-state index contributed by atoms with van der Waals surface area (Å²) in [6.07, 6.45) is 4.37. The Hall–Kier alpha value is -1.93. The maximum atomic E-state index is 10.5. The van der Waals surface area contributed by atoms with Crippen LogP contribution < -0.4 is 4.74 Å². The molecule has 0 aliphatic rings. The number of ether oxygens (including phenoxy) is 4. The molecule has 1 aromatic carbocycles. The van der Waals surface area contributed by atoms with Gasteiger partial charge in [-0.2, -0.15) is 4.98 Å². The van der Waals surface area contributed by atoms with Crippen LogP contribution in [0.2, 0.25) is 0 Å². The first-order valence-corrected chi connectivity index (χ1v) is 10.8. The van der Waals surface area contributed by atoms with Gasteiger partial charge in [0.25, 0.3) is 6.01 Å². The fourth-order valence-corrected chi connectivity index (χ4v) is 3.15. The quantitative estimate of drug-likeness (QED) is 0.311. The monoisotopic (exact) mass is 420 g/mol. The van der Waals surface area contributed by atoms with Crippen molar-refractivity contribution in [1.82, 2.24) is 9.55 Å². The highest BCUT2D eigenvalue weighted by molar-refractivity contribution is 5.76. The molecule has 30 heavy (non-hydrogen) atoms. The van der Waals surface area contributed by atoms with Crippen LogP contribution in [0, 0.1) is 0 Å². The maximum absolute atomic E-state index is 10.5. The van der Waals surface area contributed by atoms with Gasteiger partial charge in [0.1, 0.15) is 6.10 Å². The molecule has 0 bridgehead atoms. The molecule has 1 heterocycles. The summed E-state index contributed by atoms with van der Waals surface area (Å²) in [5.74, 6) is 0. The number of aliphatic hydroxyl groups is 1. The highest BCUT2D eigenvalue weighted by atomic mass is 16.5. The fraction of sp³-hybridized carbons (Fsp3) is 0.609. The molecule has 7 nitrogen and oxygen atoms in total. The van der Waals surface area contributed by atoms with Crippen LogP contribution in [0.4, 0.5) is 0 Å². The lowest BCUT2D eigenvalue weighted by Crippen LogP contribution is -2.30. The van der Waals surface area contributed by atoms with Crippen LogP contribution in [-0.4, -0.2) is 67.0 Å². The second-order valence-electron chi connectivity index (χ2n) is 7.13. The summed E-state index contributed by atoms with van der Waals surface area (Å²) < 4.78 is 24.1. The first kappa shape index (κ1) is 24.3. The highest BCUT2D eigenvalue weighted by Crippen LogP contribution is 2.23. The van der Waals surface area contributed by atoms with Crippen LogP contribution in [0.1, 0.15) is 32.6 Å². The van der Waals surface area contributed by atoms with Crippen molar-refractivity contribution in [2.45, 2.75) is 51.4 Å². The lowest BCUT2D eigenvalue weighted by Gasteiger charge is -2.21. The molecule has 0 unspecified atom stereocenters. The zero-order valence-corrected chi connectivity index (χ0v) is 18.3. The molecule has 1 N–H and O–H groups in total. The second kappa shape index (κ2) is 14.1. The average Bonchev–Trinajstić information content (AvgIpc) is 3.11. The van der Waals surface area contributed by atoms with Gasteiger partial charge >= 0.3 is 0 Å². The van der Waals surface area contributed by atoms with E-state index in [1.807, 2.05) is 28.8 Å². The molecule has 0 aliphatic heterocycles. The van der Waals surface area contributed by atoms with Gasteiger partial charge < -0.3 is 24.1 Å². The fourth-order valence-electron chi connectivity index (χ4n) is 3.15. The van der Waals surface area contributed by atoms with E-state index in [0.717, 1.165) is 30.3 Å². The van der Waals surface area contributed by atoms with E-state index in [0.29, 0.717) is 52.0 Å². The van der Waals surface area contributed by atoms with E-state index in [9.17, 15) is 5.11 Å². The van der Waals surface area contributed by atoms with Gasteiger partial charge in [0.2, 0.25) is 0 Å². The zero-order chi connectivity index (χ0) is 21.6. The molecule has 2 atom stereocenters. The topological polar surface area (TPSA) is 75.0 Å². The minimum atomic E-state index is -0.609. The number of hydrogen-bond acceptors (Lipinski definition) is 6. The molecule has 1 aromatic heterocycles. The van der Waals surface area contributed by atoms with E-state index in [1.165, 1.54) is 0 Å². The number of nitrogens with zero attached hydrogens (tertiary/aromatic N) is 2. The number of benzene rings is 1. The first-order valence-electron chi connectivity index (χ1n) is 10.8. The molecule has 0 saturated carbocycles. The van der Waals surface area contributed by atoms with Crippen molar-refractivity contribution in [3.8, 4) is 6.01 Å². The van der Waals surface area contributed by atoms with Crippen molar-refractivity contribution >= 4 is 11.0 Å². The third-order valence-corrected chi connectivity index (χ3v) is 4.84. The van der Waals surface area contributed by atoms with Crippen molar-refractivity contribution in [3.63, 3.8) is 0 Å². The molecule has 0 spiro atoms. The lowest BCUT2D eigenvalue weighted by molar-refractivity contribution is 0.0215. The molecule has 0 fully saturated rings. The number of aromatic nitrogens is 2. The van der Waals surface area contributed by atoms with Crippen LogP contribution in [0.15, 0.2) is 36.9 Å². The summed E-state index contributed by atoms with van der Waals surface area (Å²) >= 11 is 0. The van der Waals surface area contributed by atoms with Crippen LogP contribution in [0.3, 0.4) is 0 Å². The number of methoxy groups -OCH3 is 1. The van der Waals surface area contributed by atoms with Gasteiger partial charge in [-0.05, 0) is 24.6 Å². The van der Waals surface area contributed by atoms with E-state index >= 15 is 0 Å². The van der Waals surface area contributed by atoms with Gasteiger partial charge in [-0.25, -0.2) is 0 Å². The predicted molar refractivity (Wildman–Crippen MR) is 118 cm³/mol. The van der Waals surface area contributed by atoms with Crippen molar-refractivity contribution in [1.29, 1.82) is 0 Å². The Kier molecular flexibility index (Phi) is 11.5. The van der Waals surface area contributed by atoms with Gasteiger partial charge in [0.05, 0.1) is 56.7 Å². The molecule has 2 rings (SSSR count). The van der Waals surface area contributed by atoms with Gasteiger partial charge in [-0.1, -0.05) is 44.9 Å². The molecule has 0 radical (unpaired) electrons. The van der Waals surface area contributed by atoms with E-state index < -0.39 is 12.2 Å². The predicted octanol–water partition coefficient (Wildman–Crippen LogP) is 3.59. The summed E-state index contributed by atoms with van der Waals surface area (Å²) in [6.45, 7) is 9.25. The van der Waals surface area contributed by atoms with Crippen LogP contribution >= 0.6 is 0 Å². The van der Waals surface area contributed by atoms with Gasteiger partial charge in [0.15, 0.2) is 0 Å². The molecular weight excluding hydrogens is 384 g/mol. The second-order valence-corrected chi connectivity index (χ2v) is 7.13. The SMILES string of the molecule is C=C[C@H](Oc1nc2ccccc2n1CCOCCOCCOC)[C@H](O)CCCCC. The smallest absolute Gasteiger partial charge is 0.298 e. The largest absolute Gasteiger partial charge is 0.454 e. The van der Waals surface area contributed by atoms with Crippen LogP contribution in [0.25, 0.3) is 11.0 Å². The minimum Gasteiger partial charge on any atom is -0.454 e. The lowest BCUT2D eigenvalue weighted by atomic mass is 10.1. The van der Waals surface area contributed by atoms with Gasteiger partial charge in [-0.3, -0.25) is 4.57 Å². The number of para-hydroxylation sites is 2. The van der Waals surface area contributed by atoms with E-state index in [1.54, 1.807) is 13.2 Å². The number of unbranched alkanes of at least 4 members (excludes halogenated alkanes) is 2. The summed E-state index contributed by atoms with van der Waals surface area (Å²) in [5, 5.41) is 10.5. The normalized spacial score (nSPS) is 13.4. The Morgan fingerprint density at radius 3 is 2.57 bits per heavy atom. The molecule has 0 amide bonds. The van der Waals surface area contributed by atoms with Gasteiger partial charge in [-0.15, -0.1) is 0 Å². The molecule has 7 heteroatoms. The Morgan fingerprint density at radius 1 is 1.10 bits per heavy atom. The Bertz CT molecular complexity index is 733. The Labute approximate surface area is 179 Å². The number of imidazole rings is 1. The van der Waals surface area contributed by atoms with E-state index in [4.69, 9.17) is 18.9 Å². The molecule has 0 saturated heterocycles. The van der Waals surface area contributed by atoms with Gasteiger partial charge in [0, 0.05) is 7.11 Å². The minimum absolute atomic E-state index is 0.468. The highest BCUT2D eigenvalue weighted by Gasteiger charge is 2.21. The van der Waals surface area contributed by atoms with E-state index in [-0.39, 0.29) is 0 Å². The first-order chi connectivity index (χ1) is 14.7. The van der Waals surface area contributed by atoms with Crippen LogP contribution in [-0.2, 0) is 20.8 Å². The van der Waals surface area contributed by atoms with Crippen molar-refractivity contribution in [2.75, 3.05) is 40.1 Å². The standard InChI is InChI=1S/C23H36N2O5/c1-4-6-7-12-21(26)22(5-2)30-23-24-19-10-8-9-11-20(19)25(23)13-14-28-17-18-29-16-15-27-3/h5,8-11,21-22,26H,2,4,6-7,12-18H2,1,3H3/t21-,22+/m1/s1. The number of rotatable bonds is 17. The van der Waals surface area contributed by atoms with E-state index in [2.05, 4.69) is 18.5 Å². The van der Waals surface area contributed by atoms with Crippen molar-refractivity contribution in [2.24, 2.45) is 0 Å². The molecule has 2 aromatic rings. The van der Waals surface area contributed by atoms with Crippen molar-refractivity contribution in [3.05, 3.63) is 36.9 Å². The third-order valence-electron chi connectivity index (χ3n) is 4.84. The molecule has 0 aliphatic carbocycles. The van der Waals surface area contributed by atoms with Crippen molar-refractivity contribution < 1.29 is 24.1 Å². The maximum Gasteiger partial charge on any atom is 0.298 e. The molecule has 168 valence electrons. The molecular formula is C23H36N2O5. The Balaban J connectivity index is 1.97. The summed E-state index contributed by atoms with van der Waals surface area (Å²) in [6, 6.07) is 8.34.